The molecule has 1 fully saturated rings. The second-order valence-electron chi connectivity index (χ2n) is 5.92. The van der Waals surface area contributed by atoms with Gasteiger partial charge >= 0.3 is 12.1 Å². The molecule has 0 bridgehead atoms. The van der Waals surface area contributed by atoms with Gasteiger partial charge in [0.1, 0.15) is 11.8 Å². The lowest BCUT2D eigenvalue weighted by atomic mass is 9.92. The Morgan fingerprint density at radius 2 is 2.05 bits per heavy atom. The largest absolute Gasteiger partial charge is 0.481 e. The van der Waals surface area contributed by atoms with Gasteiger partial charge in [0.05, 0.1) is 0 Å². The van der Waals surface area contributed by atoms with Crippen molar-refractivity contribution in [2.75, 3.05) is 13.1 Å². The van der Waals surface area contributed by atoms with Gasteiger partial charge in [-0.1, -0.05) is 0 Å². The molecule has 1 aliphatic rings. The van der Waals surface area contributed by atoms with E-state index in [0.29, 0.717) is 6.54 Å². The van der Waals surface area contributed by atoms with Crippen LogP contribution >= 0.6 is 0 Å². The molecule has 0 spiro atoms. The van der Waals surface area contributed by atoms with Gasteiger partial charge in [0, 0.05) is 25.4 Å². The summed E-state index contributed by atoms with van der Waals surface area (Å²) in [5.41, 5.74) is -0.583. The third-order valence-corrected chi connectivity index (χ3v) is 3.02. The molecule has 0 aliphatic carbocycles. The zero-order chi connectivity index (χ0) is 14.6. The Morgan fingerprint density at radius 3 is 2.58 bits per heavy atom. The highest BCUT2D eigenvalue weighted by Gasteiger charge is 2.33. The molecule has 0 aromatic heterocycles. The summed E-state index contributed by atoms with van der Waals surface area (Å²) in [6.45, 7) is 5.86. The molecule has 0 saturated carbocycles. The lowest BCUT2D eigenvalue weighted by molar-refractivity contribution is -0.137. The average Bonchev–Trinajstić information content (AvgIpc) is 2.25. The second-order valence-corrected chi connectivity index (χ2v) is 5.92. The summed E-state index contributed by atoms with van der Waals surface area (Å²) in [5.74, 6) is -1.36. The Kier molecular flexibility index (Phi) is 5.14. The molecule has 1 rings (SSSR count). The highest BCUT2D eigenvalue weighted by Crippen LogP contribution is 2.25. The van der Waals surface area contributed by atoms with Crippen LogP contribution in [0.4, 0.5) is 9.18 Å². The van der Waals surface area contributed by atoms with Gasteiger partial charge in [0.2, 0.25) is 0 Å². The zero-order valence-corrected chi connectivity index (χ0v) is 11.7. The van der Waals surface area contributed by atoms with E-state index in [9.17, 15) is 14.0 Å². The maximum absolute atomic E-state index is 13.7. The predicted molar refractivity (Wildman–Crippen MR) is 67.7 cm³/mol. The topological polar surface area (TPSA) is 66.8 Å². The van der Waals surface area contributed by atoms with Crippen LogP contribution < -0.4 is 0 Å². The van der Waals surface area contributed by atoms with Crippen molar-refractivity contribution in [3.63, 3.8) is 0 Å². The minimum atomic E-state index is -1.04. The van der Waals surface area contributed by atoms with E-state index in [-0.39, 0.29) is 25.8 Å². The van der Waals surface area contributed by atoms with Crippen LogP contribution in [0.3, 0.4) is 0 Å². The first-order valence-corrected chi connectivity index (χ1v) is 6.53. The van der Waals surface area contributed by atoms with E-state index < -0.39 is 29.8 Å². The number of aliphatic carboxylic acids is 1. The third kappa shape index (κ3) is 5.44. The van der Waals surface area contributed by atoms with E-state index in [4.69, 9.17) is 9.84 Å². The molecule has 19 heavy (non-hydrogen) atoms. The molecule has 1 saturated heterocycles. The van der Waals surface area contributed by atoms with Crippen molar-refractivity contribution in [2.24, 2.45) is 5.92 Å². The molecule has 1 amide bonds. The lowest BCUT2D eigenvalue weighted by Gasteiger charge is -2.35. The molecule has 6 heteroatoms. The first-order chi connectivity index (χ1) is 8.69. The van der Waals surface area contributed by atoms with E-state index in [2.05, 4.69) is 0 Å². The summed E-state index contributed by atoms with van der Waals surface area (Å²) < 4.78 is 18.9. The maximum atomic E-state index is 13.7. The fourth-order valence-electron chi connectivity index (χ4n) is 2.08. The molecule has 5 nitrogen and oxygen atoms in total. The van der Waals surface area contributed by atoms with Crippen LogP contribution in [-0.2, 0) is 9.53 Å². The van der Waals surface area contributed by atoms with Crippen molar-refractivity contribution < 1.29 is 23.8 Å². The Balaban J connectivity index is 2.53. The summed E-state index contributed by atoms with van der Waals surface area (Å²) in [6, 6.07) is 0. The number of hydrogen-bond acceptors (Lipinski definition) is 3. The van der Waals surface area contributed by atoms with Gasteiger partial charge in [0.25, 0.3) is 0 Å². The number of rotatable bonds is 3. The summed E-state index contributed by atoms with van der Waals surface area (Å²) in [7, 11) is 0. The van der Waals surface area contributed by atoms with Crippen LogP contribution in [0.25, 0.3) is 0 Å². The number of nitrogens with zero attached hydrogens (tertiary/aromatic N) is 1. The van der Waals surface area contributed by atoms with Gasteiger partial charge < -0.3 is 14.7 Å². The number of ether oxygens (including phenoxy) is 1. The van der Waals surface area contributed by atoms with E-state index in [0.717, 1.165) is 0 Å². The van der Waals surface area contributed by atoms with Crippen LogP contribution in [-0.4, -0.2) is 46.9 Å². The summed E-state index contributed by atoms with van der Waals surface area (Å²) in [4.78, 5) is 23.9. The molecule has 1 N–H and O–H groups in total. The van der Waals surface area contributed by atoms with Gasteiger partial charge in [0.15, 0.2) is 0 Å². The highest BCUT2D eigenvalue weighted by atomic mass is 19.1. The second kappa shape index (κ2) is 6.21. The Morgan fingerprint density at radius 1 is 1.42 bits per heavy atom. The van der Waals surface area contributed by atoms with Crippen LogP contribution in [0.1, 0.15) is 40.0 Å². The third-order valence-electron chi connectivity index (χ3n) is 3.02. The molecule has 0 radical (unpaired) electrons. The molecular weight excluding hydrogens is 253 g/mol. The first-order valence-electron chi connectivity index (χ1n) is 6.53. The van der Waals surface area contributed by atoms with Gasteiger partial charge in [-0.25, -0.2) is 9.18 Å². The number of alkyl halides is 1. The van der Waals surface area contributed by atoms with Crippen molar-refractivity contribution in [1.82, 2.24) is 4.90 Å². The average molecular weight is 275 g/mol. The van der Waals surface area contributed by atoms with Crippen molar-refractivity contribution in [1.29, 1.82) is 0 Å². The Labute approximate surface area is 112 Å². The predicted octanol–water partition coefficient (Wildman–Crippen LogP) is 2.45. The summed E-state index contributed by atoms with van der Waals surface area (Å²) in [6.07, 6.45) is -1.09. The molecule has 0 aromatic carbocycles. The number of carboxylic acids is 1. The minimum Gasteiger partial charge on any atom is -0.481 e. The van der Waals surface area contributed by atoms with Crippen molar-refractivity contribution >= 4 is 12.1 Å². The maximum Gasteiger partial charge on any atom is 0.410 e. The van der Waals surface area contributed by atoms with E-state index in [1.54, 1.807) is 20.8 Å². The van der Waals surface area contributed by atoms with Crippen LogP contribution in [0.5, 0.6) is 0 Å². The molecule has 110 valence electrons. The SMILES string of the molecule is CC(C)(C)OC(=O)N1CCC(F)C(CCC(=O)O)C1. The van der Waals surface area contributed by atoms with E-state index in [1.165, 1.54) is 4.90 Å². The minimum absolute atomic E-state index is 0.0761. The smallest absolute Gasteiger partial charge is 0.410 e. The van der Waals surface area contributed by atoms with Crippen molar-refractivity contribution in [3.8, 4) is 0 Å². The Hall–Kier alpha value is -1.33. The molecule has 1 heterocycles. The summed E-state index contributed by atoms with van der Waals surface area (Å²) >= 11 is 0. The van der Waals surface area contributed by atoms with Gasteiger partial charge in [-0.3, -0.25) is 4.79 Å². The fourth-order valence-corrected chi connectivity index (χ4v) is 2.08. The fraction of sp³-hybridized carbons (Fsp3) is 0.846. The number of hydrogen-bond donors (Lipinski definition) is 1. The normalized spacial score (nSPS) is 24.1. The molecule has 2 atom stereocenters. The van der Waals surface area contributed by atoms with Gasteiger partial charge in [-0.05, 0) is 33.6 Å². The Bertz CT molecular complexity index is 340. The number of carbonyl (C=O) groups excluding carboxylic acids is 1. The number of amides is 1. The molecular formula is C13H22FNO4. The van der Waals surface area contributed by atoms with Crippen molar-refractivity contribution in [3.05, 3.63) is 0 Å². The number of likely N-dealkylation sites (tertiary alicyclic amines) is 1. The quantitative estimate of drug-likeness (QED) is 0.859. The van der Waals surface area contributed by atoms with E-state index in [1.807, 2.05) is 0 Å². The number of carbonyl (C=O) groups is 2. The molecule has 1 aliphatic heterocycles. The highest BCUT2D eigenvalue weighted by molar-refractivity contribution is 5.68. The number of carboxylic acid groups (broad SMARTS) is 1. The molecule has 2 unspecified atom stereocenters. The first kappa shape index (κ1) is 15.7. The van der Waals surface area contributed by atoms with Gasteiger partial charge in [-0.15, -0.1) is 0 Å². The summed E-state index contributed by atoms with van der Waals surface area (Å²) in [5, 5.41) is 8.63. The molecule has 0 aromatic rings. The zero-order valence-electron chi connectivity index (χ0n) is 11.7. The number of piperidine rings is 1. The van der Waals surface area contributed by atoms with E-state index >= 15 is 0 Å². The standard InChI is InChI=1S/C13H22FNO4/c1-13(2,3)19-12(18)15-7-6-10(14)9(8-15)4-5-11(16)17/h9-10H,4-8H2,1-3H3,(H,16,17). The van der Waals surface area contributed by atoms with Crippen LogP contribution in [0.15, 0.2) is 0 Å². The monoisotopic (exact) mass is 275 g/mol. The van der Waals surface area contributed by atoms with Crippen LogP contribution in [0.2, 0.25) is 0 Å². The number of halogens is 1. The lowest BCUT2D eigenvalue weighted by Crippen LogP contribution is -2.46. The van der Waals surface area contributed by atoms with Crippen LogP contribution in [0, 0.1) is 5.92 Å². The van der Waals surface area contributed by atoms with Gasteiger partial charge in [-0.2, -0.15) is 0 Å². The van der Waals surface area contributed by atoms with Crippen molar-refractivity contribution in [2.45, 2.75) is 51.8 Å².